The normalized spacial score (nSPS) is 14.8. The van der Waals surface area contributed by atoms with Gasteiger partial charge in [-0.25, -0.2) is 4.98 Å². The van der Waals surface area contributed by atoms with Crippen LogP contribution in [0.4, 0.5) is 5.82 Å². The first-order valence-corrected chi connectivity index (χ1v) is 9.43. The molecule has 0 atom stereocenters. The van der Waals surface area contributed by atoms with Crippen LogP contribution in [0.2, 0.25) is 0 Å². The maximum Gasteiger partial charge on any atom is 0.220 e. The first kappa shape index (κ1) is 19.2. The predicted molar refractivity (Wildman–Crippen MR) is 107 cm³/mol. The summed E-state index contributed by atoms with van der Waals surface area (Å²) in [7, 11) is 3.79. The Bertz CT molecular complexity index is 757. The quantitative estimate of drug-likeness (QED) is 0.811. The van der Waals surface area contributed by atoms with Gasteiger partial charge in [-0.1, -0.05) is 24.3 Å². The molecule has 1 amide bonds. The maximum atomic E-state index is 12.3. The highest BCUT2D eigenvalue weighted by Gasteiger charge is 2.18. The summed E-state index contributed by atoms with van der Waals surface area (Å²) in [5.41, 5.74) is 2.11. The number of pyridine rings is 1. The van der Waals surface area contributed by atoms with Gasteiger partial charge in [0.05, 0.1) is 7.11 Å². The number of likely N-dealkylation sites (N-methyl/N-ethyl adjacent to an activating group) is 1. The van der Waals surface area contributed by atoms with Gasteiger partial charge < -0.3 is 19.9 Å². The number of nitrogens with one attached hydrogen (secondary N) is 1. The van der Waals surface area contributed by atoms with Crippen LogP contribution in [0.5, 0.6) is 5.75 Å². The molecular weight excluding hydrogens is 340 g/mol. The van der Waals surface area contributed by atoms with Crippen molar-refractivity contribution < 1.29 is 9.53 Å². The summed E-state index contributed by atoms with van der Waals surface area (Å²) < 4.78 is 5.35. The number of methoxy groups -OCH3 is 1. The number of carbonyl (C=O) groups is 1. The number of anilines is 1. The largest absolute Gasteiger partial charge is 0.496 e. The highest BCUT2D eigenvalue weighted by Crippen LogP contribution is 2.20. The Morgan fingerprint density at radius 3 is 2.63 bits per heavy atom. The molecule has 1 aromatic heterocycles. The zero-order valence-corrected chi connectivity index (χ0v) is 16.1. The second kappa shape index (κ2) is 9.37. The average Bonchev–Trinajstić information content (AvgIpc) is 2.71. The Hall–Kier alpha value is -2.60. The lowest BCUT2D eigenvalue weighted by molar-refractivity contribution is -0.121. The third-order valence-electron chi connectivity index (χ3n) is 4.96. The monoisotopic (exact) mass is 368 g/mol. The van der Waals surface area contributed by atoms with E-state index in [0.717, 1.165) is 48.9 Å². The summed E-state index contributed by atoms with van der Waals surface area (Å²) in [6, 6.07) is 11.8. The van der Waals surface area contributed by atoms with Gasteiger partial charge in [0.15, 0.2) is 0 Å². The van der Waals surface area contributed by atoms with Crippen molar-refractivity contribution in [3.8, 4) is 5.75 Å². The lowest BCUT2D eigenvalue weighted by Crippen LogP contribution is -2.45. The number of ether oxygens (including phenoxy) is 1. The molecule has 0 bridgehead atoms. The summed E-state index contributed by atoms with van der Waals surface area (Å²) in [6.07, 6.45) is 2.92. The van der Waals surface area contributed by atoms with Crippen molar-refractivity contribution in [1.82, 2.24) is 15.2 Å². The van der Waals surface area contributed by atoms with E-state index in [2.05, 4.69) is 27.1 Å². The van der Waals surface area contributed by atoms with Gasteiger partial charge in [0.25, 0.3) is 0 Å². The van der Waals surface area contributed by atoms with Crippen LogP contribution in [-0.2, 0) is 17.8 Å². The number of rotatable bonds is 7. The van der Waals surface area contributed by atoms with Gasteiger partial charge in [-0.2, -0.15) is 0 Å². The average molecular weight is 368 g/mol. The standard InChI is InChI=1S/C21H28N4O2/c1-24-12-14-25(15-13-24)21-18(7-5-11-22-21)16-23-20(26)10-9-17-6-3-4-8-19(17)27-2/h3-8,11H,9-10,12-16H2,1-2H3,(H,23,26). The van der Waals surface area contributed by atoms with Gasteiger partial charge in [0.1, 0.15) is 11.6 Å². The zero-order valence-electron chi connectivity index (χ0n) is 16.1. The minimum Gasteiger partial charge on any atom is -0.496 e. The van der Waals surface area contributed by atoms with Crippen molar-refractivity contribution in [1.29, 1.82) is 0 Å². The summed E-state index contributed by atoms with van der Waals surface area (Å²) in [4.78, 5) is 21.5. The molecule has 0 radical (unpaired) electrons. The van der Waals surface area contributed by atoms with Crippen LogP contribution >= 0.6 is 0 Å². The Balaban J connectivity index is 1.54. The molecule has 0 spiro atoms. The number of para-hydroxylation sites is 1. The Morgan fingerprint density at radius 2 is 1.85 bits per heavy atom. The van der Waals surface area contributed by atoms with E-state index in [1.807, 2.05) is 42.6 Å². The Kier molecular flexibility index (Phi) is 6.65. The number of aromatic nitrogens is 1. The molecule has 6 heteroatoms. The van der Waals surface area contributed by atoms with Crippen LogP contribution in [0.1, 0.15) is 17.5 Å². The second-order valence-corrected chi connectivity index (χ2v) is 6.87. The first-order chi connectivity index (χ1) is 13.2. The zero-order chi connectivity index (χ0) is 19.1. The first-order valence-electron chi connectivity index (χ1n) is 9.43. The van der Waals surface area contributed by atoms with Crippen molar-refractivity contribution in [2.24, 2.45) is 0 Å². The summed E-state index contributed by atoms with van der Waals surface area (Å²) in [5.74, 6) is 1.85. The maximum absolute atomic E-state index is 12.3. The molecule has 1 fully saturated rings. The molecule has 0 aliphatic carbocycles. The van der Waals surface area contributed by atoms with Crippen molar-refractivity contribution in [2.45, 2.75) is 19.4 Å². The van der Waals surface area contributed by atoms with Gasteiger partial charge in [0, 0.05) is 50.9 Å². The van der Waals surface area contributed by atoms with E-state index in [4.69, 9.17) is 4.74 Å². The number of nitrogens with zero attached hydrogens (tertiary/aromatic N) is 3. The van der Waals surface area contributed by atoms with E-state index in [1.54, 1.807) is 7.11 Å². The molecule has 144 valence electrons. The van der Waals surface area contributed by atoms with E-state index >= 15 is 0 Å². The molecule has 1 saturated heterocycles. The van der Waals surface area contributed by atoms with Crippen LogP contribution in [0, 0.1) is 0 Å². The fourth-order valence-electron chi connectivity index (χ4n) is 3.31. The molecule has 3 rings (SSSR count). The SMILES string of the molecule is COc1ccccc1CCC(=O)NCc1cccnc1N1CCN(C)CC1. The van der Waals surface area contributed by atoms with E-state index in [-0.39, 0.29) is 5.91 Å². The van der Waals surface area contributed by atoms with Crippen LogP contribution in [0.15, 0.2) is 42.6 Å². The van der Waals surface area contributed by atoms with Crippen LogP contribution < -0.4 is 15.0 Å². The molecule has 2 aromatic rings. The number of benzene rings is 1. The van der Waals surface area contributed by atoms with Gasteiger partial charge >= 0.3 is 0 Å². The fraction of sp³-hybridized carbons (Fsp3) is 0.429. The van der Waals surface area contributed by atoms with Gasteiger partial charge in [-0.05, 0) is 31.2 Å². The molecule has 1 aliphatic heterocycles. The summed E-state index contributed by atoms with van der Waals surface area (Å²) >= 11 is 0. The molecule has 6 nitrogen and oxygen atoms in total. The van der Waals surface area contributed by atoms with Crippen LogP contribution in [0.3, 0.4) is 0 Å². The number of piperazine rings is 1. The highest BCUT2D eigenvalue weighted by molar-refractivity contribution is 5.76. The fourth-order valence-corrected chi connectivity index (χ4v) is 3.31. The Labute approximate surface area is 161 Å². The van der Waals surface area contributed by atoms with E-state index in [9.17, 15) is 4.79 Å². The number of amides is 1. The van der Waals surface area contributed by atoms with E-state index in [0.29, 0.717) is 19.4 Å². The molecule has 1 aliphatic rings. The van der Waals surface area contributed by atoms with E-state index < -0.39 is 0 Å². The lowest BCUT2D eigenvalue weighted by Gasteiger charge is -2.34. The molecule has 27 heavy (non-hydrogen) atoms. The summed E-state index contributed by atoms with van der Waals surface area (Å²) in [6.45, 7) is 4.48. The van der Waals surface area contributed by atoms with Crippen molar-refractivity contribution in [2.75, 3.05) is 45.2 Å². The lowest BCUT2D eigenvalue weighted by atomic mass is 10.1. The molecule has 2 heterocycles. The highest BCUT2D eigenvalue weighted by atomic mass is 16.5. The van der Waals surface area contributed by atoms with Gasteiger partial charge in [-0.15, -0.1) is 0 Å². The smallest absolute Gasteiger partial charge is 0.220 e. The van der Waals surface area contributed by atoms with Gasteiger partial charge in [-0.3, -0.25) is 4.79 Å². The molecule has 0 saturated carbocycles. The molecule has 0 unspecified atom stereocenters. The van der Waals surface area contributed by atoms with Crippen molar-refractivity contribution >= 4 is 11.7 Å². The molecule has 1 N–H and O–H groups in total. The third kappa shape index (κ3) is 5.20. The van der Waals surface area contributed by atoms with Crippen molar-refractivity contribution in [3.63, 3.8) is 0 Å². The topological polar surface area (TPSA) is 57.7 Å². The predicted octanol–water partition coefficient (Wildman–Crippen LogP) is 2.09. The molecule has 1 aromatic carbocycles. The number of hydrogen-bond donors (Lipinski definition) is 1. The minimum absolute atomic E-state index is 0.0362. The minimum atomic E-state index is 0.0362. The Morgan fingerprint density at radius 1 is 1.11 bits per heavy atom. The number of carbonyl (C=O) groups excluding carboxylic acids is 1. The van der Waals surface area contributed by atoms with E-state index in [1.165, 1.54) is 0 Å². The second-order valence-electron chi connectivity index (χ2n) is 6.87. The van der Waals surface area contributed by atoms with Gasteiger partial charge in [0.2, 0.25) is 5.91 Å². The van der Waals surface area contributed by atoms with Crippen LogP contribution in [-0.4, -0.2) is 56.1 Å². The summed E-state index contributed by atoms with van der Waals surface area (Å²) in [5, 5.41) is 3.04. The number of hydrogen-bond acceptors (Lipinski definition) is 5. The van der Waals surface area contributed by atoms with Crippen LogP contribution in [0.25, 0.3) is 0 Å². The number of aryl methyl sites for hydroxylation is 1. The van der Waals surface area contributed by atoms with Crippen molar-refractivity contribution in [3.05, 3.63) is 53.7 Å². The molecular formula is C21H28N4O2. The third-order valence-corrected chi connectivity index (χ3v) is 4.96.